The predicted octanol–water partition coefficient (Wildman–Crippen LogP) is 4.33. The molecule has 33 heavy (non-hydrogen) atoms. The third kappa shape index (κ3) is 5.07. The molecule has 0 aliphatic carbocycles. The first kappa shape index (κ1) is 22.6. The van der Waals surface area contributed by atoms with Crippen LogP contribution in [0.5, 0.6) is 11.5 Å². The molecule has 4 rings (SSSR count). The van der Waals surface area contributed by atoms with Crippen LogP contribution in [0.25, 0.3) is 11.0 Å². The van der Waals surface area contributed by atoms with Gasteiger partial charge in [-0.2, -0.15) is 0 Å². The molecule has 2 aromatic carbocycles. The molecular formula is C22H20ClN5O4S. The van der Waals surface area contributed by atoms with Gasteiger partial charge in [0.1, 0.15) is 16.4 Å². The van der Waals surface area contributed by atoms with Crippen LogP contribution in [0.2, 0.25) is 0 Å². The second-order valence-corrected chi connectivity index (χ2v) is 8.81. The maximum atomic E-state index is 13.0. The summed E-state index contributed by atoms with van der Waals surface area (Å²) in [7, 11) is -0.917. The summed E-state index contributed by atoms with van der Waals surface area (Å²) < 4.78 is 39.2. The van der Waals surface area contributed by atoms with Gasteiger partial charge in [0.15, 0.2) is 11.6 Å². The van der Waals surface area contributed by atoms with Crippen molar-refractivity contribution in [1.82, 2.24) is 15.0 Å². The fourth-order valence-corrected chi connectivity index (χ4v) is 4.12. The standard InChI is InChI=1S/C22H20ClN5O4S/c1-31-16-9-15(10-17(11-16)32-2)25-21-22(27-20-6-4-3-5-19(20)26-21)28-33(29,30)18-8-7-14(12-23)24-13-18/h3-11,13H,12H2,1-2H3,(H,25,26)(H,27,28). The number of hydrogen-bond donors (Lipinski definition) is 2. The van der Waals surface area contributed by atoms with Crippen molar-refractivity contribution in [2.75, 3.05) is 24.3 Å². The van der Waals surface area contributed by atoms with Crippen molar-refractivity contribution in [2.45, 2.75) is 10.8 Å². The Morgan fingerprint density at radius 2 is 1.55 bits per heavy atom. The zero-order chi connectivity index (χ0) is 23.4. The monoisotopic (exact) mass is 485 g/mol. The van der Waals surface area contributed by atoms with Crippen molar-refractivity contribution in [2.24, 2.45) is 0 Å². The summed E-state index contributed by atoms with van der Waals surface area (Å²) >= 11 is 5.75. The van der Waals surface area contributed by atoms with Gasteiger partial charge in [-0.1, -0.05) is 12.1 Å². The first-order valence-corrected chi connectivity index (χ1v) is 11.7. The summed E-state index contributed by atoms with van der Waals surface area (Å²) in [5.74, 6) is 1.52. The number of anilines is 3. The number of para-hydroxylation sites is 2. The van der Waals surface area contributed by atoms with Crippen molar-refractivity contribution in [3.63, 3.8) is 0 Å². The average molecular weight is 486 g/mol. The van der Waals surface area contributed by atoms with Gasteiger partial charge in [-0.15, -0.1) is 11.6 Å². The Balaban J connectivity index is 1.76. The van der Waals surface area contributed by atoms with E-state index in [0.29, 0.717) is 33.9 Å². The summed E-state index contributed by atoms with van der Waals surface area (Å²) in [6.45, 7) is 0. The van der Waals surface area contributed by atoms with Gasteiger partial charge in [0.25, 0.3) is 10.0 Å². The summed E-state index contributed by atoms with van der Waals surface area (Å²) in [4.78, 5) is 13.1. The lowest BCUT2D eigenvalue weighted by Crippen LogP contribution is -2.16. The smallest absolute Gasteiger partial charge is 0.264 e. The maximum Gasteiger partial charge on any atom is 0.264 e. The number of pyridine rings is 1. The molecule has 0 saturated carbocycles. The molecule has 11 heteroatoms. The van der Waals surface area contributed by atoms with Crippen LogP contribution in [0.4, 0.5) is 17.3 Å². The Bertz CT molecular complexity index is 1380. The number of halogens is 1. The Morgan fingerprint density at radius 3 is 2.09 bits per heavy atom. The van der Waals surface area contributed by atoms with Gasteiger partial charge in [-0.3, -0.25) is 9.71 Å². The first-order valence-electron chi connectivity index (χ1n) is 9.72. The molecule has 0 aliphatic heterocycles. The molecule has 4 aromatic rings. The number of rotatable bonds is 8. The number of fused-ring (bicyclic) bond motifs is 1. The van der Waals surface area contributed by atoms with E-state index >= 15 is 0 Å². The van der Waals surface area contributed by atoms with E-state index in [9.17, 15) is 8.42 Å². The fourth-order valence-electron chi connectivity index (χ4n) is 3.01. The number of alkyl halides is 1. The second-order valence-electron chi connectivity index (χ2n) is 6.86. The summed E-state index contributed by atoms with van der Waals surface area (Å²) in [6, 6.07) is 15.3. The number of hydrogen-bond acceptors (Lipinski definition) is 8. The van der Waals surface area contributed by atoms with Crippen LogP contribution in [0.3, 0.4) is 0 Å². The number of aromatic nitrogens is 3. The van der Waals surface area contributed by atoms with E-state index in [0.717, 1.165) is 0 Å². The van der Waals surface area contributed by atoms with Crippen molar-refractivity contribution < 1.29 is 17.9 Å². The largest absolute Gasteiger partial charge is 0.497 e. The first-order chi connectivity index (χ1) is 15.9. The lowest BCUT2D eigenvalue weighted by atomic mass is 10.2. The lowest BCUT2D eigenvalue weighted by molar-refractivity contribution is 0.395. The molecule has 0 bridgehead atoms. The normalized spacial score (nSPS) is 11.2. The number of nitrogens with one attached hydrogen (secondary N) is 2. The number of sulfonamides is 1. The second kappa shape index (κ2) is 9.47. The molecule has 0 aliphatic rings. The molecule has 0 atom stereocenters. The zero-order valence-electron chi connectivity index (χ0n) is 17.7. The van der Waals surface area contributed by atoms with E-state index in [1.165, 1.54) is 26.5 Å². The Morgan fingerprint density at radius 1 is 0.909 bits per heavy atom. The quantitative estimate of drug-likeness (QED) is 0.354. The van der Waals surface area contributed by atoms with Crippen LogP contribution in [0.15, 0.2) is 65.7 Å². The molecule has 0 fully saturated rings. The van der Waals surface area contributed by atoms with Crippen LogP contribution < -0.4 is 19.5 Å². The summed E-state index contributed by atoms with van der Waals surface area (Å²) in [5, 5.41) is 3.11. The van der Waals surface area contributed by atoms with Gasteiger partial charge >= 0.3 is 0 Å². The van der Waals surface area contributed by atoms with Crippen LogP contribution in [-0.2, 0) is 15.9 Å². The van der Waals surface area contributed by atoms with E-state index in [-0.39, 0.29) is 22.4 Å². The van der Waals surface area contributed by atoms with Gasteiger partial charge in [-0.25, -0.2) is 18.4 Å². The fraction of sp³-hybridized carbons (Fsp3) is 0.136. The average Bonchev–Trinajstić information content (AvgIpc) is 2.84. The third-order valence-electron chi connectivity index (χ3n) is 4.66. The molecule has 9 nitrogen and oxygen atoms in total. The molecule has 2 aromatic heterocycles. The topological polar surface area (TPSA) is 115 Å². The third-order valence-corrected chi connectivity index (χ3v) is 6.26. The van der Waals surface area contributed by atoms with Crippen LogP contribution in [-0.4, -0.2) is 37.6 Å². The van der Waals surface area contributed by atoms with Crippen LogP contribution in [0, 0.1) is 0 Å². The Labute approximate surface area is 195 Å². The van der Waals surface area contributed by atoms with Crippen LogP contribution in [0.1, 0.15) is 5.69 Å². The SMILES string of the molecule is COc1cc(Nc2nc3ccccc3nc2NS(=O)(=O)c2ccc(CCl)nc2)cc(OC)c1. The van der Waals surface area contributed by atoms with Gasteiger partial charge in [0.05, 0.1) is 36.8 Å². The summed E-state index contributed by atoms with van der Waals surface area (Å²) in [6.07, 6.45) is 1.24. The highest BCUT2D eigenvalue weighted by molar-refractivity contribution is 7.92. The minimum absolute atomic E-state index is 0.0249. The molecule has 0 amide bonds. The molecule has 170 valence electrons. The zero-order valence-corrected chi connectivity index (χ0v) is 19.3. The van der Waals surface area contributed by atoms with E-state index in [1.54, 1.807) is 42.5 Å². The van der Waals surface area contributed by atoms with Crippen molar-refractivity contribution >= 4 is 50.0 Å². The van der Waals surface area contributed by atoms with Crippen LogP contribution >= 0.6 is 11.6 Å². The van der Waals surface area contributed by atoms with Crippen molar-refractivity contribution in [1.29, 1.82) is 0 Å². The van der Waals surface area contributed by atoms with Crippen molar-refractivity contribution in [3.05, 3.63) is 66.5 Å². The number of methoxy groups -OCH3 is 2. The highest BCUT2D eigenvalue weighted by Crippen LogP contribution is 2.31. The van der Waals surface area contributed by atoms with Gasteiger partial charge in [0, 0.05) is 30.1 Å². The molecule has 0 radical (unpaired) electrons. The number of nitrogens with zero attached hydrogens (tertiary/aromatic N) is 3. The van der Waals surface area contributed by atoms with E-state index in [4.69, 9.17) is 21.1 Å². The number of ether oxygens (including phenoxy) is 2. The predicted molar refractivity (Wildman–Crippen MR) is 127 cm³/mol. The lowest BCUT2D eigenvalue weighted by Gasteiger charge is -2.15. The molecule has 2 N–H and O–H groups in total. The molecule has 0 saturated heterocycles. The highest BCUT2D eigenvalue weighted by atomic mass is 35.5. The summed E-state index contributed by atoms with van der Waals surface area (Å²) in [5.41, 5.74) is 2.25. The van der Waals surface area contributed by atoms with Gasteiger partial charge in [-0.05, 0) is 24.3 Å². The Kier molecular flexibility index (Phi) is 6.47. The molecule has 2 heterocycles. The maximum absolute atomic E-state index is 13.0. The number of benzene rings is 2. The molecular weight excluding hydrogens is 466 g/mol. The van der Waals surface area contributed by atoms with E-state index < -0.39 is 10.0 Å². The minimum atomic E-state index is -3.99. The van der Waals surface area contributed by atoms with E-state index in [2.05, 4.69) is 25.0 Å². The molecule has 0 unspecified atom stereocenters. The highest BCUT2D eigenvalue weighted by Gasteiger charge is 2.20. The van der Waals surface area contributed by atoms with Gasteiger partial charge in [0.2, 0.25) is 0 Å². The van der Waals surface area contributed by atoms with Crippen molar-refractivity contribution in [3.8, 4) is 11.5 Å². The van der Waals surface area contributed by atoms with Gasteiger partial charge < -0.3 is 14.8 Å². The molecule has 0 spiro atoms. The Hall–Kier alpha value is -3.63. The minimum Gasteiger partial charge on any atom is -0.497 e. The van der Waals surface area contributed by atoms with E-state index in [1.807, 2.05) is 6.07 Å².